The van der Waals surface area contributed by atoms with Gasteiger partial charge in [-0.3, -0.25) is 4.98 Å². The van der Waals surface area contributed by atoms with Gasteiger partial charge in [0.15, 0.2) is 5.82 Å². The van der Waals surface area contributed by atoms with E-state index in [2.05, 4.69) is 15.0 Å². The molecule has 0 fully saturated rings. The Labute approximate surface area is 117 Å². The number of ether oxygens (including phenoxy) is 1. The van der Waals surface area contributed by atoms with Crippen LogP contribution in [0.25, 0.3) is 11.4 Å². The van der Waals surface area contributed by atoms with Gasteiger partial charge in [0.2, 0.25) is 0 Å². The van der Waals surface area contributed by atoms with Crippen molar-refractivity contribution in [3.8, 4) is 11.4 Å². The van der Waals surface area contributed by atoms with E-state index in [9.17, 15) is 4.79 Å². The standard InChI is InChI=1S/C14H16N4O2/c1-4-20-14(19)11-9(3)17-13(18-12(11)15)10-7-16-6-5-8(10)2/h5-7H,4H2,1-3H3,(H2,15,17,18). The Balaban J connectivity index is 2.51. The molecule has 0 aromatic carbocycles. The maximum Gasteiger partial charge on any atom is 0.343 e. The van der Waals surface area contributed by atoms with Gasteiger partial charge in [-0.15, -0.1) is 0 Å². The Morgan fingerprint density at radius 1 is 1.35 bits per heavy atom. The van der Waals surface area contributed by atoms with Gasteiger partial charge in [-0.05, 0) is 32.4 Å². The van der Waals surface area contributed by atoms with Gasteiger partial charge < -0.3 is 10.5 Å². The summed E-state index contributed by atoms with van der Waals surface area (Å²) in [4.78, 5) is 24.4. The quantitative estimate of drug-likeness (QED) is 0.858. The zero-order chi connectivity index (χ0) is 14.7. The average Bonchev–Trinajstić information content (AvgIpc) is 2.38. The molecule has 20 heavy (non-hydrogen) atoms. The third-order valence-corrected chi connectivity index (χ3v) is 2.88. The number of aryl methyl sites for hydroxylation is 2. The molecule has 2 heterocycles. The Morgan fingerprint density at radius 3 is 2.70 bits per heavy atom. The lowest BCUT2D eigenvalue weighted by atomic mass is 10.1. The van der Waals surface area contributed by atoms with Crippen LogP contribution in [0.2, 0.25) is 0 Å². The molecule has 0 unspecified atom stereocenters. The fourth-order valence-corrected chi connectivity index (χ4v) is 1.87. The van der Waals surface area contributed by atoms with Crippen molar-refractivity contribution in [1.82, 2.24) is 15.0 Å². The molecule has 0 amide bonds. The van der Waals surface area contributed by atoms with Gasteiger partial charge in [0, 0.05) is 18.0 Å². The third kappa shape index (κ3) is 2.59. The zero-order valence-corrected chi connectivity index (χ0v) is 11.7. The lowest BCUT2D eigenvalue weighted by Gasteiger charge is -2.10. The number of anilines is 1. The van der Waals surface area contributed by atoms with Gasteiger partial charge in [-0.25, -0.2) is 14.8 Å². The predicted octanol–water partition coefficient (Wildman–Crippen LogP) is 1.91. The summed E-state index contributed by atoms with van der Waals surface area (Å²) in [6, 6.07) is 1.86. The predicted molar refractivity (Wildman–Crippen MR) is 75.1 cm³/mol. The third-order valence-electron chi connectivity index (χ3n) is 2.88. The molecule has 6 heteroatoms. The van der Waals surface area contributed by atoms with Gasteiger partial charge >= 0.3 is 5.97 Å². The van der Waals surface area contributed by atoms with Crippen molar-refractivity contribution in [3.05, 3.63) is 35.3 Å². The smallest absolute Gasteiger partial charge is 0.343 e. The number of nitrogen functional groups attached to an aromatic ring is 1. The van der Waals surface area contributed by atoms with Crippen LogP contribution in [0.5, 0.6) is 0 Å². The molecule has 0 aliphatic carbocycles. The number of hydrogen-bond donors (Lipinski definition) is 1. The maximum atomic E-state index is 11.8. The summed E-state index contributed by atoms with van der Waals surface area (Å²) in [6.07, 6.45) is 3.37. The number of rotatable bonds is 3. The second-order valence-corrected chi connectivity index (χ2v) is 4.30. The fraction of sp³-hybridized carbons (Fsp3) is 0.286. The number of nitrogens with two attached hydrogens (primary N) is 1. The Bertz CT molecular complexity index is 632. The largest absolute Gasteiger partial charge is 0.462 e. The molecule has 0 spiro atoms. The molecular formula is C14H16N4O2. The molecule has 0 saturated carbocycles. The molecule has 2 rings (SSSR count). The minimum atomic E-state index is -0.503. The lowest BCUT2D eigenvalue weighted by molar-refractivity contribution is 0.0526. The first-order valence-corrected chi connectivity index (χ1v) is 6.26. The SMILES string of the molecule is CCOC(=O)c1c(C)nc(-c2cnccc2C)nc1N. The van der Waals surface area contributed by atoms with Crippen molar-refractivity contribution in [1.29, 1.82) is 0 Å². The van der Waals surface area contributed by atoms with Gasteiger partial charge in [0.1, 0.15) is 11.4 Å². The summed E-state index contributed by atoms with van der Waals surface area (Å²) < 4.78 is 4.95. The van der Waals surface area contributed by atoms with E-state index in [1.54, 1.807) is 26.2 Å². The first-order chi connectivity index (χ1) is 9.54. The van der Waals surface area contributed by atoms with E-state index in [4.69, 9.17) is 10.5 Å². The van der Waals surface area contributed by atoms with Crippen LogP contribution >= 0.6 is 0 Å². The number of hydrogen-bond acceptors (Lipinski definition) is 6. The lowest BCUT2D eigenvalue weighted by Crippen LogP contribution is -2.13. The maximum absolute atomic E-state index is 11.8. The number of carbonyl (C=O) groups is 1. The van der Waals surface area contributed by atoms with Crippen LogP contribution in [0.4, 0.5) is 5.82 Å². The summed E-state index contributed by atoms with van der Waals surface area (Å²) in [5.41, 5.74) is 8.36. The van der Waals surface area contributed by atoms with Gasteiger partial charge in [0.25, 0.3) is 0 Å². The first-order valence-electron chi connectivity index (χ1n) is 6.26. The van der Waals surface area contributed by atoms with Crippen LogP contribution in [-0.4, -0.2) is 27.5 Å². The highest BCUT2D eigenvalue weighted by atomic mass is 16.5. The molecule has 2 N–H and O–H groups in total. The van der Waals surface area contributed by atoms with Crippen LogP contribution in [0.3, 0.4) is 0 Å². The van der Waals surface area contributed by atoms with Crippen LogP contribution in [0, 0.1) is 13.8 Å². The van der Waals surface area contributed by atoms with E-state index in [0.717, 1.165) is 11.1 Å². The van der Waals surface area contributed by atoms with Crippen LogP contribution in [0.15, 0.2) is 18.5 Å². The first kappa shape index (κ1) is 13.9. The number of esters is 1. The molecule has 2 aromatic heterocycles. The normalized spacial score (nSPS) is 10.3. The van der Waals surface area contributed by atoms with E-state index in [-0.39, 0.29) is 18.0 Å². The van der Waals surface area contributed by atoms with Gasteiger partial charge in [0.05, 0.1) is 12.3 Å². The monoisotopic (exact) mass is 272 g/mol. The van der Waals surface area contributed by atoms with Gasteiger partial charge in [-0.2, -0.15) is 0 Å². The molecule has 0 aliphatic heterocycles. The highest BCUT2D eigenvalue weighted by Crippen LogP contribution is 2.22. The average molecular weight is 272 g/mol. The molecule has 0 atom stereocenters. The molecule has 0 bridgehead atoms. The minimum Gasteiger partial charge on any atom is -0.462 e. The summed E-state index contributed by atoms with van der Waals surface area (Å²) in [5, 5.41) is 0. The fourth-order valence-electron chi connectivity index (χ4n) is 1.87. The molecule has 0 aliphatic rings. The Kier molecular flexibility index (Phi) is 3.93. The highest BCUT2D eigenvalue weighted by molar-refractivity contribution is 5.95. The molecule has 0 radical (unpaired) electrons. The summed E-state index contributed by atoms with van der Waals surface area (Å²) >= 11 is 0. The second kappa shape index (κ2) is 5.64. The van der Waals surface area contributed by atoms with Gasteiger partial charge in [-0.1, -0.05) is 0 Å². The van der Waals surface area contributed by atoms with Crippen LogP contribution < -0.4 is 5.73 Å². The molecular weight excluding hydrogens is 256 g/mol. The van der Waals surface area contributed by atoms with Crippen LogP contribution in [-0.2, 0) is 4.74 Å². The van der Waals surface area contributed by atoms with Crippen molar-refractivity contribution in [2.24, 2.45) is 0 Å². The molecule has 0 saturated heterocycles. The number of carbonyl (C=O) groups excluding carboxylic acids is 1. The van der Waals surface area contributed by atoms with Crippen molar-refractivity contribution < 1.29 is 9.53 Å². The van der Waals surface area contributed by atoms with Crippen LogP contribution in [0.1, 0.15) is 28.5 Å². The van der Waals surface area contributed by atoms with E-state index in [0.29, 0.717) is 11.5 Å². The Morgan fingerprint density at radius 2 is 2.10 bits per heavy atom. The molecule has 6 nitrogen and oxygen atoms in total. The van der Waals surface area contributed by atoms with Crippen molar-refractivity contribution in [2.75, 3.05) is 12.3 Å². The number of aromatic nitrogens is 3. The zero-order valence-electron chi connectivity index (χ0n) is 11.7. The highest BCUT2D eigenvalue weighted by Gasteiger charge is 2.19. The summed E-state index contributed by atoms with van der Waals surface area (Å²) in [5.74, 6) is 0.0739. The molecule has 104 valence electrons. The second-order valence-electron chi connectivity index (χ2n) is 4.30. The summed E-state index contributed by atoms with van der Waals surface area (Å²) in [7, 11) is 0. The topological polar surface area (TPSA) is 91.0 Å². The van der Waals surface area contributed by atoms with Crippen molar-refractivity contribution >= 4 is 11.8 Å². The molecule has 2 aromatic rings. The Hall–Kier alpha value is -2.50. The summed E-state index contributed by atoms with van der Waals surface area (Å²) in [6.45, 7) is 5.66. The van der Waals surface area contributed by atoms with Crippen molar-refractivity contribution in [3.63, 3.8) is 0 Å². The van der Waals surface area contributed by atoms with E-state index in [1.165, 1.54) is 0 Å². The van der Waals surface area contributed by atoms with E-state index in [1.807, 2.05) is 13.0 Å². The number of nitrogens with zero attached hydrogens (tertiary/aromatic N) is 3. The number of pyridine rings is 1. The van der Waals surface area contributed by atoms with E-state index >= 15 is 0 Å². The van der Waals surface area contributed by atoms with E-state index < -0.39 is 5.97 Å². The van der Waals surface area contributed by atoms with Crippen molar-refractivity contribution in [2.45, 2.75) is 20.8 Å². The minimum absolute atomic E-state index is 0.120.